The van der Waals surface area contributed by atoms with Crippen LogP contribution in [0.2, 0.25) is 0 Å². The van der Waals surface area contributed by atoms with E-state index < -0.39 is 0 Å². The van der Waals surface area contributed by atoms with Crippen LogP contribution in [0.15, 0.2) is 5.51 Å². The Balaban J connectivity index is 3.39. The van der Waals surface area contributed by atoms with E-state index in [2.05, 4.69) is 21.9 Å². The van der Waals surface area contributed by atoms with E-state index in [9.17, 15) is 0 Å². The molecule has 0 amide bonds. The molecule has 0 aliphatic carbocycles. The van der Waals surface area contributed by atoms with Crippen LogP contribution in [-0.4, -0.2) is 10.2 Å². The first-order valence-electron chi connectivity index (χ1n) is 1.56. The van der Waals surface area contributed by atoms with Gasteiger partial charge in [0.2, 0.25) is 0 Å². The summed E-state index contributed by atoms with van der Waals surface area (Å²) in [6.07, 6.45) is 0. The molecule has 0 spiro atoms. The molecule has 0 aliphatic heterocycles. The van der Waals surface area contributed by atoms with Gasteiger partial charge in [0.25, 0.3) is 12.2 Å². The van der Waals surface area contributed by atoms with Gasteiger partial charge in [-0.25, -0.2) is 5.10 Å². The fourth-order valence-corrected chi connectivity index (χ4v) is 1.06. The van der Waals surface area contributed by atoms with Gasteiger partial charge in [0, 0.05) is 21.2 Å². The number of hydrogen-bond acceptors (Lipinski definition) is 3. The summed E-state index contributed by atoms with van der Waals surface area (Å²) in [5.74, 6) is 0. The van der Waals surface area contributed by atoms with Crippen molar-refractivity contribution in [2.24, 2.45) is 0 Å². The summed E-state index contributed by atoms with van der Waals surface area (Å²) in [5.41, 5.74) is 1.69. The molecule has 1 aromatic rings. The summed E-state index contributed by atoms with van der Waals surface area (Å²) in [6.45, 7) is 0. The van der Waals surface area contributed by atoms with E-state index in [0.717, 1.165) is 0 Å². The van der Waals surface area contributed by atoms with Crippen LogP contribution in [0.5, 0.6) is 0 Å². The lowest BCUT2D eigenvalue weighted by Gasteiger charge is -1.56. The van der Waals surface area contributed by atoms with Crippen LogP contribution in [0.3, 0.4) is 0 Å². The first kappa shape index (κ1) is 5.27. The molecule has 1 aromatic heterocycles. The largest absolute Gasteiger partial charge is 0.384 e. The minimum Gasteiger partial charge on any atom is -0.218 e. The van der Waals surface area contributed by atoms with Crippen LogP contribution in [0.1, 0.15) is 0 Å². The van der Waals surface area contributed by atoms with E-state index >= 15 is 0 Å². The second kappa shape index (κ2) is 1.94. The highest BCUT2D eigenvalue weighted by atomic mass is 33.1. The summed E-state index contributed by atoms with van der Waals surface area (Å²) in [4.78, 5) is 0. The predicted octanol–water partition coefficient (Wildman–Crippen LogP) is 1.58. The Morgan fingerprint density at radius 3 is 2.86 bits per heavy atom. The topological polar surface area (TPSA) is 28.7 Å². The number of rotatable bonds is 0. The molecule has 0 fully saturated rings. The first-order chi connectivity index (χ1) is 3.30. The number of thiol groups is 1. The maximum atomic E-state index is 4.74. The van der Waals surface area contributed by atoms with E-state index in [-0.39, 0.29) is 9.50 Å². The SMILES string of the molecule is S=c1[nH]nc[s+]1S. The van der Waals surface area contributed by atoms with Crippen molar-refractivity contribution in [1.29, 1.82) is 0 Å². The third kappa shape index (κ3) is 1.02. The van der Waals surface area contributed by atoms with Gasteiger partial charge in [0.1, 0.15) is 0 Å². The minimum atomic E-state index is -0.194. The van der Waals surface area contributed by atoms with E-state index in [1.54, 1.807) is 5.51 Å². The van der Waals surface area contributed by atoms with Crippen molar-refractivity contribution in [3.8, 4) is 0 Å². The molecule has 1 atom stereocenters. The maximum absolute atomic E-state index is 4.74. The van der Waals surface area contributed by atoms with Crippen molar-refractivity contribution < 1.29 is 0 Å². The van der Waals surface area contributed by atoms with Crippen molar-refractivity contribution >= 4 is 33.4 Å². The highest BCUT2D eigenvalue weighted by molar-refractivity contribution is 8.33. The number of aromatic nitrogens is 2. The summed E-state index contributed by atoms with van der Waals surface area (Å²) >= 11 is 8.80. The van der Waals surface area contributed by atoms with Gasteiger partial charge in [-0.2, -0.15) is 0 Å². The molecule has 0 saturated heterocycles. The molecule has 0 saturated carbocycles. The Kier molecular flexibility index (Phi) is 1.46. The van der Waals surface area contributed by atoms with Gasteiger partial charge < -0.3 is 0 Å². The molecule has 1 rings (SSSR count). The summed E-state index contributed by atoms with van der Waals surface area (Å²) in [5, 5.41) is 6.27. The summed E-state index contributed by atoms with van der Waals surface area (Å²) in [6, 6.07) is 0. The molecular weight excluding hydrogens is 148 g/mol. The van der Waals surface area contributed by atoms with Crippen molar-refractivity contribution in [3.63, 3.8) is 0 Å². The molecule has 5 heteroatoms. The average molecular weight is 151 g/mol. The Labute approximate surface area is 53.4 Å². The highest BCUT2D eigenvalue weighted by Crippen LogP contribution is 2.18. The van der Waals surface area contributed by atoms with Gasteiger partial charge in [0.15, 0.2) is 5.51 Å². The monoisotopic (exact) mass is 151 g/mol. The van der Waals surface area contributed by atoms with Gasteiger partial charge >= 0.3 is 3.95 Å². The van der Waals surface area contributed by atoms with Gasteiger partial charge in [-0.15, -0.1) is 5.10 Å². The number of aromatic amines is 1. The van der Waals surface area contributed by atoms with Crippen molar-refractivity contribution in [3.05, 3.63) is 9.46 Å². The number of hydrogen-bond donors (Lipinski definition) is 2. The summed E-state index contributed by atoms with van der Waals surface area (Å²) in [7, 11) is -0.194. The third-order valence-electron chi connectivity index (χ3n) is 0.498. The first-order valence-corrected chi connectivity index (χ1v) is 4.31. The zero-order chi connectivity index (χ0) is 5.28. The van der Waals surface area contributed by atoms with Gasteiger partial charge in [0.05, 0.1) is 0 Å². The van der Waals surface area contributed by atoms with Crippen molar-refractivity contribution in [2.45, 2.75) is 0 Å². The second-order valence-corrected chi connectivity index (χ2v) is 4.04. The molecule has 0 bridgehead atoms. The fraction of sp³-hybridized carbons (Fsp3) is 0. The molecule has 7 heavy (non-hydrogen) atoms. The lowest BCUT2D eigenvalue weighted by atomic mass is 11.6. The predicted molar refractivity (Wildman–Crippen MR) is 36.3 cm³/mol. The van der Waals surface area contributed by atoms with E-state index in [1.165, 1.54) is 0 Å². The second-order valence-electron chi connectivity index (χ2n) is 0.948. The van der Waals surface area contributed by atoms with Crippen LogP contribution in [0, 0.1) is 3.95 Å². The number of H-pyrrole nitrogens is 1. The Hall–Kier alpha value is 0.130. The van der Waals surface area contributed by atoms with Crippen molar-refractivity contribution in [2.75, 3.05) is 0 Å². The smallest absolute Gasteiger partial charge is 0.218 e. The van der Waals surface area contributed by atoms with E-state index in [4.69, 9.17) is 12.2 Å². The summed E-state index contributed by atoms with van der Waals surface area (Å²) < 4.78 is 0.711. The van der Waals surface area contributed by atoms with Gasteiger partial charge in [-0.05, 0) is 0 Å². The van der Waals surface area contributed by atoms with Crippen molar-refractivity contribution in [1.82, 2.24) is 10.2 Å². The molecule has 0 radical (unpaired) electrons. The molecule has 1 N–H and O–H groups in total. The molecule has 38 valence electrons. The standard InChI is InChI=1S/C2H2N2S3/c5-2-4-3-1-7(2)6/h1,6H/p+1. The molecule has 0 aliphatic rings. The lowest BCUT2D eigenvalue weighted by Crippen LogP contribution is -1.57. The zero-order valence-corrected chi connectivity index (χ0v) is 5.82. The Morgan fingerprint density at radius 1 is 2.00 bits per heavy atom. The number of nitrogens with zero attached hydrogens (tertiary/aromatic N) is 1. The quantitative estimate of drug-likeness (QED) is 0.255. The number of nitrogens with one attached hydrogen (secondary N) is 1. The highest BCUT2D eigenvalue weighted by Gasteiger charge is 1.95. The molecule has 0 aromatic carbocycles. The van der Waals surface area contributed by atoms with Gasteiger partial charge in [-0.1, -0.05) is 0 Å². The Morgan fingerprint density at radius 2 is 2.71 bits per heavy atom. The lowest BCUT2D eigenvalue weighted by molar-refractivity contribution is 1.08. The molecule has 1 heterocycles. The average Bonchev–Trinajstić information content (AvgIpc) is 1.91. The molecule has 2 nitrogen and oxygen atoms in total. The van der Waals surface area contributed by atoms with Gasteiger partial charge in [-0.3, -0.25) is 0 Å². The molecular formula is C2H3N2S3+. The van der Waals surface area contributed by atoms with Crippen LogP contribution in [-0.2, 0) is 0 Å². The van der Waals surface area contributed by atoms with Crippen LogP contribution >= 0.6 is 33.4 Å². The normalized spacial score (nSPS) is 11.9. The van der Waals surface area contributed by atoms with E-state index in [1.807, 2.05) is 0 Å². The zero-order valence-electron chi connectivity index (χ0n) is 3.29. The third-order valence-corrected chi connectivity index (χ3v) is 3.11. The fourth-order valence-electron chi connectivity index (χ4n) is 0.224. The van der Waals surface area contributed by atoms with E-state index in [0.29, 0.717) is 3.95 Å². The van der Waals surface area contributed by atoms with Crippen LogP contribution in [0.4, 0.5) is 0 Å². The minimum absolute atomic E-state index is 0.194. The molecule has 1 unspecified atom stereocenters. The van der Waals surface area contributed by atoms with Crippen LogP contribution in [0.25, 0.3) is 0 Å². The maximum Gasteiger partial charge on any atom is 0.384 e. The van der Waals surface area contributed by atoms with Crippen LogP contribution < -0.4 is 0 Å². The Bertz CT molecular complexity index is 199.